The summed E-state index contributed by atoms with van der Waals surface area (Å²) in [6.45, 7) is 8.09. The Morgan fingerprint density at radius 2 is 1.65 bits per heavy atom. The summed E-state index contributed by atoms with van der Waals surface area (Å²) in [6.07, 6.45) is 3.68. The quantitative estimate of drug-likeness (QED) is 0.324. The van der Waals surface area contributed by atoms with Gasteiger partial charge in [0.1, 0.15) is 28.8 Å². The molecule has 10 heteroatoms. The van der Waals surface area contributed by atoms with E-state index in [4.69, 9.17) is 13.9 Å². The monoisotopic (exact) mass is 480 g/mol. The van der Waals surface area contributed by atoms with E-state index in [1.807, 2.05) is 61.1 Å². The van der Waals surface area contributed by atoms with Crippen molar-refractivity contribution in [3.8, 4) is 28.8 Å². The lowest BCUT2D eigenvalue weighted by molar-refractivity contribution is 0.391. The molecule has 0 bridgehead atoms. The maximum Gasteiger partial charge on any atom is 0.239 e. The van der Waals surface area contributed by atoms with Gasteiger partial charge in [0.05, 0.1) is 14.2 Å². The van der Waals surface area contributed by atoms with Crippen molar-refractivity contribution in [3.05, 3.63) is 59.9 Å². The summed E-state index contributed by atoms with van der Waals surface area (Å²) in [6, 6.07) is 9.36. The van der Waals surface area contributed by atoms with E-state index in [9.17, 15) is 0 Å². The molecule has 0 amide bonds. The molecule has 0 saturated carbocycles. The molecule has 3 aromatic heterocycles. The molecular formula is C24H28N6O3S. The molecule has 34 heavy (non-hydrogen) atoms. The van der Waals surface area contributed by atoms with Crippen LogP contribution in [0.5, 0.6) is 11.5 Å². The highest BCUT2D eigenvalue weighted by Crippen LogP contribution is 2.38. The van der Waals surface area contributed by atoms with Gasteiger partial charge in [-0.3, -0.25) is 9.29 Å². The molecule has 2 atom stereocenters. The van der Waals surface area contributed by atoms with Crippen LogP contribution in [0.3, 0.4) is 0 Å². The zero-order chi connectivity index (χ0) is 24.2. The molecular weight excluding hydrogens is 452 g/mol. The van der Waals surface area contributed by atoms with Gasteiger partial charge in [-0.25, -0.2) is 9.97 Å². The van der Waals surface area contributed by atoms with Crippen LogP contribution in [0.2, 0.25) is 0 Å². The second-order valence-corrected chi connectivity index (χ2v) is 9.12. The number of rotatable bonds is 9. The highest BCUT2D eigenvalue weighted by atomic mass is 32.2. The van der Waals surface area contributed by atoms with E-state index in [0.29, 0.717) is 34.7 Å². The van der Waals surface area contributed by atoms with Crippen LogP contribution < -0.4 is 14.2 Å². The van der Waals surface area contributed by atoms with Crippen molar-refractivity contribution in [2.45, 2.75) is 38.9 Å². The van der Waals surface area contributed by atoms with E-state index in [1.54, 1.807) is 14.2 Å². The predicted octanol–water partition coefficient (Wildman–Crippen LogP) is 5.20. The van der Waals surface area contributed by atoms with E-state index in [1.165, 1.54) is 11.9 Å². The van der Waals surface area contributed by atoms with E-state index < -0.39 is 0 Å². The minimum Gasteiger partial charge on any atom is -0.494 e. The van der Waals surface area contributed by atoms with Gasteiger partial charge < -0.3 is 13.9 Å². The Balaban J connectivity index is 1.70. The average molecular weight is 481 g/mol. The van der Waals surface area contributed by atoms with Crippen LogP contribution in [0, 0.1) is 13.8 Å². The van der Waals surface area contributed by atoms with Crippen molar-refractivity contribution in [2.75, 3.05) is 18.9 Å². The number of methoxy groups -OCH3 is 2. The Kier molecular flexibility index (Phi) is 7.06. The van der Waals surface area contributed by atoms with Crippen molar-refractivity contribution < 1.29 is 13.9 Å². The van der Waals surface area contributed by atoms with Crippen molar-refractivity contribution in [1.82, 2.24) is 24.7 Å². The summed E-state index contributed by atoms with van der Waals surface area (Å²) >= 11 is 1.52. The zero-order valence-electron chi connectivity index (χ0n) is 20.1. The summed E-state index contributed by atoms with van der Waals surface area (Å²) < 4.78 is 22.4. The zero-order valence-corrected chi connectivity index (χ0v) is 20.9. The molecule has 178 valence electrons. The van der Waals surface area contributed by atoms with E-state index >= 15 is 0 Å². The first-order valence-electron chi connectivity index (χ1n) is 10.9. The normalized spacial score (nSPS) is 12.9. The van der Waals surface area contributed by atoms with E-state index in [2.05, 4.69) is 38.7 Å². The SMILES string of the molecule is COc1cccc(OC)c1-n1c(NSC(C)C(C)c2ncc(C)cn2)nnc1-c1ccc(C)o1. The molecule has 0 aliphatic carbocycles. The van der Waals surface area contributed by atoms with Crippen LogP contribution in [0.4, 0.5) is 5.95 Å². The first kappa shape index (κ1) is 23.6. The predicted molar refractivity (Wildman–Crippen MR) is 133 cm³/mol. The van der Waals surface area contributed by atoms with Gasteiger partial charge in [0, 0.05) is 23.6 Å². The third kappa shape index (κ3) is 4.72. The smallest absolute Gasteiger partial charge is 0.239 e. The van der Waals surface area contributed by atoms with Crippen LogP contribution in [-0.4, -0.2) is 44.2 Å². The molecule has 4 rings (SSSR count). The molecule has 3 heterocycles. The van der Waals surface area contributed by atoms with Gasteiger partial charge in [-0.1, -0.05) is 19.9 Å². The fourth-order valence-corrected chi connectivity index (χ4v) is 4.17. The molecule has 9 nitrogen and oxygen atoms in total. The summed E-state index contributed by atoms with van der Waals surface area (Å²) in [7, 11) is 3.24. The van der Waals surface area contributed by atoms with Gasteiger partial charge >= 0.3 is 0 Å². The van der Waals surface area contributed by atoms with Gasteiger partial charge in [-0.2, -0.15) is 0 Å². The number of aryl methyl sites for hydroxylation is 2. The fraction of sp³-hybridized carbons (Fsp3) is 0.333. The number of furan rings is 1. The van der Waals surface area contributed by atoms with Crippen LogP contribution in [0.15, 0.2) is 47.1 Å². The molecule has 0 fully saturated rings. The number of aromatic nitrogens is 5. The minimum absolute atomic E-state index is 0.113. The lowest BCUT2D eigenvalue weighted by Crippen LogP contribution is -2.15. The minimum atomic E-state index is 0.113. The first-order chi connectivity index (χ1) is 16.4. The van der Waals surface area contributed by atoms with Gasteiger partial charge in [-0.15, -0.1) is 10.2 Å². The van der Waals surface area contributed by atoms with Gasteiger partial charge in [0.15, 0.2) is 5.76 Å². The van der Waals surface area contributed by atoms with Crippen molar-refractivity contribution >= 4 is 17.9 Å². The van der Waals surface area contributed by atoms with Crippen LogP contribution in [0.1, 0.15) is 36.9 Å². The van der Waals surface area contributed by atoms with Gasteiger partial charge in [-0.05, 0) is 55.6 Å². The van der Waals surface area contributed by atoms with E-state index in [0.717, 1.165) is 17.1 Å². The lowest BCUT2D eigenvalue weighted by Gasteiger charge is -2.20. The standard InChI is InChI=1S/C24H28N6O3S/c1-14-12-25-22(26-13-14)16(3)17(4)34-29-24-28-27-23(20-11-10-15(2)33-20)30(24)21-18(31-5)8-7-9-19(21)32-6/h7-13,16-17H,1-6H3,(H,28,29). The Bertz CT molecular complexity index is 1230. The maximum atomic E-state index is 5.87. The Hall–Kier alpha value is -3.53. The highest BCUT2D eigenvalue weighted by Gasteiger charge is 2.25. The second kappa shape index (κ2) is 10.2. The summed E-state index contributed by atoms with van der Waals surface area (Å²) in [5.74, 6) is 4.56. The molecule has 1 aromatic carbocycles. The molecule has 4 aromatic rings. The number of hydrogen-bond donors (Lipinski definition) is 1. The largest absolute Gasteiger partial charge is 0.494 e. The summed E-state index contributed by atoms with van der Waals surface area (Å²) in [4.78, 5) is 8.96. The molecule has 2 unspecified atom stereocenters. The fourth-order valence-electron chi connectivity index (χ4n) is 3.42. The van der Waals surface area contributed by atoms with Crippen molar-refractivity contribution in [3.63, 3.8) is 0 Å². The van der Waals surface area contributed by atoms with Crippen LogP contribution >= 0.6 is 11.9 Å². The molecule has 0 spiro atoms. The van der Waals surface area contributed by atoms with Crippen LogP contribution in [0.25, 0.3) is 17.3 Å². The molecule has 0 radical (unpaired) electrons. The van der Waals surface area contributed by atoms with Crippen LogP contribution in [-0.2, 0) is 0 Å². The number of nitrogens with one attached hydrogen (secondary N) is 1. The lowest BCUT2D eigenvalue weighted by atomic mass is 10.1. The molecule has 0 saturated heterocycles. The number of benzene rings is 1. The van der Waals surface area contributed by atoms with Crippen molar-refractivity contribution in [1.29, 1.82) is 0 Å². The Morgan fingerprint density at radius 1 is 0.971 bits per heavy atom. The number of nitrogens with zero attached hydrogens (tertiary/aromatic N) is 5. The average Bonchev–Trinajstić information content (AvgIpc) is 3.47. The summed E-state index contributed by atoms with van der Waals surface area (Å²) in [5.41, 5.74) is 1.71. The number of hydrogen-bond acceptors (Lipinski definition) is 9. The topological polar surface area (TPSA) is 100 Å². The number of anilines is 1. The third-order valence-electron chi connectivity index (χ3n) is 5.50. The maximum absolute atomic E-state index is 5.87. The van der Waals surface area contributed by atoms with Gasteiger partial charge in [0.2, 0.25) is 11.8 Å². The second-order valence-electron chi connectivity index (χ2n) is 7.94. The Labute approximate surface area is 203 Å². The molecule has 0 aliphatic heterocycles. The molecule has 0 aliphatic rings. The Morgan fingerprint density at radius 3 is 2.24 bits per heavy atom. The number of ether oxygens (including phenoxy) is 2. The number of para-hydroxylation sites is 1. The van der Waals surface area contributed by atoms with Crippen molar-refractivity contribution in [2.24, 2.45) is 0 Å². The van der Waals surface area contributed by atoms with Gasteiger partial charge in [0.25, 0.3) is 0 Å². The first-order valence-corrected chi connectivity index (χ1v) is 11.7. The highest BCUT2D eigenvalue weighted by molar-refractivity contribution is 8.01. The summed E-state index contributed by atoms with van der Waals surface area (Å²) in [5, 5.41) is 8.99. The third-order valence-corrected chi connectivity index (χ3v) is 6.58. The van der Waals surface area contributed by atoms with E-state index in [-0.39, 0.29) is 11.2 Å². The molecule has 1 N–H and O–H groups in total.